The number of methoxy groups -OCH3 is 2. The van der Waals surface area contributed by atoms with E-state index in [0.29, 0.717) is 17.2 Å². The van der Waals surface area contributed by atoms with Crippen LogP contribution >= 0.6 is 0 Å². The SMILES string of the molecule is COc1ccc(NC(=O)[C@]2(C)CC3c4ccccc4C2c2ccccc23)c(OC)c1. The van der Waals surface area contributed by atoms with Gasteiger partial charge in [0.2, 0.25) is 5.91 Å². The third kappa shape index (κ3) is 2.63. The van der Waals surface area contributed by atoms with Gasteiger partial charge in [0.15, 0.2) is 0 Å². The number of fused-ring (bicyclic) bond motifs is 1. The summed E-state index contributed by atoms with van der Waals surface area (Å²) in [5.74, 6) is 1.56. The van der Waals surface area contributed by atoms with Crippen molar-refractivity contribution in [2.45, 2.75) is 25.2 Å². The quantitative estimate of drug-likeness (QED) is 0.645. The van der Waals surface area contributed by atoms with Crippen LogP contribution in [0.2, 0.25) is 0 Å². The highest BCUT2D eigenvalue weighted by atomic mass is 16.5. The predicted octanol–water partition coefficient (Wildman–Crippen LogP) is 5.33. The van der Waals surface area contributed by atoms with Crippen LogP contribution in [-0.2, 0) is 4.79 Å². The summed E-state index contributed by atoms with van der Waals surface area (Å²) in [6.45, 7) is 2.10. The fraction of sp³-hybridized carbons (Fsp3) is 0.269. The van der Waals surface area contributed by atoms with Crippen molar-refractivity contribution in [3.05, 3.63) is 89.0 Å². The summed E-state index contributed by atoms with van der Waals surface area (Å²) in [5, 5.41) is 3.15. The van der Waals surface area contributed by atoms with Gasteiger partial charge in [-0.2, -0.15) is 0 Å². The van der Waals surface area contributed by atoms with E-state index in [1.54, 1.807) is 20.3 Å². The molecule has 4 heteroatoms. The second kappa shape index (κ2) is 6.91. The third-order valence-corrected chi connectivity index (χ3v) is 6.81. The van der Waals surface area contributed by atoms with Gasteiger partial charge in [0.25, 0.3) is 0 Å². The molecule has 3 aliphatic rings. The zero-order chi connectivity index (χ0) is 20.9. The largest absolute Gasteiger partial charge is 0.497 e. The molecule has 152 valence electrons. The summed E-state index contributed by atoms with van der Waals surface area (Å²) >= 11 is 0. The van der Waals surface area contributed by atoms with Gasteiger partial charge in [-0.3, -0.25) is 4.79 Å². The summed E-state index contributed by atoms with van der Waals surface area (Å²) in [6.07, 6.45) is 0.788. The van der Waals surface area contributed by atoms with E-state index in [2.05, 4.69) is 60.8 Å². The molecule has 0 saturated carbocycles. The predicted molar refractivity (Wildman–Crippen MR) is 117 cm³/mol. The van der Waals surface area contributed by atoms with Crippen LogP contribution < -0.4 is 14.8 Å². The molecule has 0 aliphatic heterocycles. The zero-order valence-corrected chi connectivity index (χ0v) is 17.4. The van der Waals surface area contributed by atoms with E-state index in [4.69, 9.17) is 9.47 Å². The molecule has 6 rings (SSSR count). The first-order chi connectivity index (χ1) is 14.6. The van der Waals surface area contributed by atoms with Gasteiger partial charge >= 0.3 is 0 Å². The van der Waals surface area contributed by atoms with Crippen molar-refractivity contribution < 1.29 is 14.3 Å². The number of amides is 1. The summed E-state index contributed by atoms with van der Waals surface area (Å²) in [4.78, 5) is 13.7. The molecule has 0 spiro atoms. The highest BCUT2D eigenvalue weighted by Crippen LogP contribution is 2.61. The van der Waals surface area contributed by atoms with Crippen LogP contribution in [-0.4, -0.2) is 20.1 Å². The molecule has 1 N–H and O–H groups in total. The maximum Gasteiger partial charge on any atom is 0.231 e. The Balaban J connectivity index is 1.56. The molecule has 3 aliphatic carbocycles. The van der Waals surface area contributed by atoms with Gasteiger partial charge in [0.05, 0.1) is 25.3 Å². The number of anilines is 1. The summed E-state index contributed by atoms with van der Waals surface area (Å²) < 4.78 is 10.8. The Bertz CT molecular complexity index is 1090. The smallest absolute Gasteiger partial charge is 0.231 e. The van der Waals surface area contributed by atoms with E-state index in [9.17, 15) is 4.79 Å². The topological polar surface area (TPSA) is 47.6 Å². The fourth-order valence-electron chi connectivity index (χ4n) is 5.36. The number of benzene rings is 3. The Morgan fingerprint density at radius 1 is 0.900 bits per heavy atom. The molecule has 1 atom stereocenters. The molecule has 0 radical (unpaired) electrons. The molecule has 0 fully saturated rings. The monoisotopic (exact) mass is 399 g/mol. The number of ether oxygens (including phenoxy) is 2. The molecule has 4 nitrogen and oxygen atoms in total. The first-order valence-corrected chi connectivity index (χ1v) is 10.3. The lowest BCUT2D eigenvalue weighted by molar-refractivity contribution is -0.126. The van der Waals surface area contributed by atoms with Gasteiger partial charge < -0.3 is 14.8 Å². The lowest BCUT2D eigenvalue weighted by Gasteiger charge is -2.50. The van der Waals surface area contributed by atoms with Crippen LogP contribution in [0.25, 0.3) is 0 Å². The normalized spacial score (nSPS) is 23.3. The molecule has 0 aromatic heterocycles. The zero-order valence-electron chi connectivity index (χ0n) is 17.4. The average Bonchev–Trinajstić information content (AvgIpc) is 2.79. The van der Waals surface area contributed by atoms with Crippen molar-refractivity contribution in [1.82, 2.24) is 0 Å². The highest BCUT2D eigenvalue weighted by Gasteiger charge is 2.53. The van der Waals surface area contributed by atoms with Crippen molar-refractivity contribution in [1.29, 1.82) is 0 Å². The van der Waals surface area contributed by atoms with Crippen LogP contribution in [0.4, 0.5) is 5.69 Å². The first-order valence-electron chi connectivity index (χ1n) is 10.3. The maximum absolute atomic E-state index is 13.7. The Morgan fingerprint density at radius 3 is 2.07 bits per heavy atom. The molecule has 0 unspecified atom stereocenters. The van der Waals surface area contributed by atoms with E-state index in [1.165, 1.54) is 22.3 Å². The van der Waals surface area contributed by atoms with Crippen molar-refractivity contribution in [3.63, 3.8) is 0 Å². The molecule has 0 heterocycles. The van der Waals surface area contributed by atoms with E-state index in [0.717, 1.165) is 6.42 Å². The number of carbonyl (C=O) groups excluding carboxylic acids is 1. The van der Waals surface area contributed by atoms with Gasteiger partial charge in [-0.05, 0) is 47.7 Å². The molecule has 3 aromatic rings. The first kappa shape index (κ1) is 18.7. The lowest BCUT2D eigenvalue weighted by Crippen LogP contribution is -2.47. The minimum absolute atomic E-state index is 0.0185. The molecular formula is C26H25NO3. The van der Waals surface area contributed by atoms with E-state index in [-0.39, 0.29) is 17.7 Å². The molecule has 1 amide bonds. The summed E-state index contributed by atoms with van der Waals surface area (Å²) in [7, 11) is 3.21. The minimum atomic E-state index is -0.557. The van der Waals surface area contributed by atoms with Crippen LogP contribution in [0, 0.1) is 5.41 Å². The number of carbonyl (C=O) groups is 1. The molecule has 30 heavy (non-hydrogen) atoms. The van der Waals surface area contributed by atoms with Gasteiger partial charge in [-0.1, -0.05) is 48.5 Å². The van der Waals surface area contributed by atoms with Gasteiger partial charge in [-0.15, -0.1) is 0 Å². The Morgan fingerprint density at radius 2 is 1.50 bits per heavy atom. The number of hydrogen-bond donors (Lipinski definition) is 1. The van der Waals surface area contributed by atoms with Gasteiger partial charge in [-0.25, -0.2) is 0 Å². The van der Waals surface area contributed by atoms with Crippen molar-refractivity contribution >= 4 is 11.6 Å². The second-order valence-corrected chi connectivity index (χ2v) is 8.39. The van der Waals surface area contributed by atoms with Crippen LogP contribution in [0.3, 0.4) is 0 Å². The fourth-order valence-corrected chi connectivity index (χ4v) is 5.36. The van der Waals surface area contributed by atoms with Crippen LogP contribution in [0.15, 0.2) is 66.7 Å². The second-order valence-electron chi connectivity index (χ2n) is 8.39. The van der Waals surface area contributed by atoms with E-state index >= 15 is 0 Å². The number of nitrogens with one attached hydrogen (secondary N) is 1. The minimum Gasteiger partial charge on any atom is -0.497 e. The third-order valence-electron chi connectivity index (χ3n) is 6.81. The van der Waals surface area contributed by atoms with Crippen LogP contribution in [0.5, 0.6) is 11.5 Å². The number of hydrogen-bond acceptors (Lipinski definition) is 3. The van der Waals surface area contributed by atoms with Crippen LogP contribution in [0.1, 0.15) is 47.4 Å². The standard InChI is InChI=1S/C26H25NO3/c1-26(25(28)27-22-13-12-16(29-2)14-23(22)30-3)15-21-17-8-4-6-10-19(17)24(26)20-11-7-5-9-18(20)21/h4-14,21,24H,15H2,1-3H3,(H,27,28)/t21?,24?,26-/m1/s1. The number of rotatable bonds is 4. The van der Waals surface area contributed by atoms with E-state index in [1.807, 2.05) is 12.1 Å². The molecule has 0 saturated heterocycles. The van der Waals surface area contributed by atoms with Gasteiger partial charge in [0, 0.05) is 17.9 Å². The molecular weight excluding hydrogens is 374 g/mol. The Labute approximate surface area is 176 Å². The maximum atomic E-state index is 13.7. The Hall–Kier alpha value is -3.27. The van der Waals surface area contributed by atoms with E-state index < -0.39 is 5.41 Å². The van der Waals surface area contributed by atoms with Crippen molar-refractivity contribution in [2.75, 3.05) is 19.5 Å². The molecule has 2 bridgehead atoms. The van der Waals surface area contributed by atoms with Crippen molar-refractivity contribution in [3.8, 4) is 11.5 Å². The molecule has 3 aromatic carbocycles. The van der Waals surface area contributed by atoms with Crippen molar-refractivity contribution in [2.24, 2.45) is 5.41 Å². The van der Waals surface area contributed by atoms with Gasteiger partial charge in [0.1, 0.15) is 11.5 Å². The summed E-state index contributed by atoms with van der Waals surface area (Å²) in [6, 6.07) is 22.6. The summed E-state index contributed by atoms with van der Waals surface area (Å²) in [5.41, 5.74) is 5.35. The average molecular weight is 399 g/mol. The Kier molecular flexibility index (Phi) is 4.31. The highest BCUT2D eigenvalue weighted by molar-refractivity contribution is 5.98. The lowest BCUT2D eigenvalue weighted by atomic mass is 9.52.